The number of amides is 2. The zero-order valence-corrected chi connectivity index (χ0v) is 16.5. The summed E-state index contributed by atoms with van der Waals surface area (Å²) in [5, 5.41) is 2.61. The molecule has 9 heteroatoms. The standard InChI is InChI=1S/C19H21N3O5S/c1-12-11-22(14(3)24)18-10-17(8-9-19(18)27-12)28(25,26)21-16-6-4-15(5-7-16)20-13(2)23/h4-10,12,21H,11H2,1-3H3,(H,20,23). The SMILES string of the molecule is CC(=O)Nc1ccc(NS(=O)(=O)c2ccc3c(c2)N(C(C)=O)CC(C)O3)cc1. The third-order valence-electron chi connectivity index (χ3n) is 4.14. The summed E-state index contributed by atoms with van der Waals surface area (Å²) in [6, 6.07) is 10.7. The van der Waals surface area contributed by atoms with Gasteiger partial charge in [0.15, 0.2) is 0 Å². The Hall–Kier alpha value is -3.07. The predicted octanol–water partition coefficient (Wildman–Crippen LogP) is 2.58. The lowest BCUT2D eigenvalue weighted by Gasteiger charge is -2.33. The molecule has 3 rings (SSSR count). The number of fused-ring (bicyclic) bond motifs is 1. The Labute approximate surface area is 163 Å². The Balaban J connectivity index is 1.87. The monoisotopic (exact) mass is 403 g/mol. The van der Waals surface area contributed by atoms with E-state index in [0.29, 0.717) is 29.4 Å². The maximum Gasteiger partial charge on any atom is 0.261 e. The normalized spacial score (nSPS) is 16.0. The lowest BCUT2D eigenvalue weighted by atomic mass is 10.2. The summed E-state index contributed by atoms with van der Waals surface area (Å²) in [5.74, 6) is 0.0639. The van der Waals surface area contributed by atoms with Crippen molar-refractivity contribution in [2.45, 2.75) is 31.8 Å². The molecular weight excluding hydrogens is 382 g/mol. The number of nitrogens with one attached hydrogen (secondary N) is 2. The van der Waals surface area contributed by atoms with Crippen LogP contribution in [-0.2, 0) is 19.6 Å². The van der Waals surface area contributed by atoms with E-state index in [1.54, 1.807) is 30.3 Å². The van der Waals surface area contributed by atoms with Gasteiger partial charge in [-0.3, -0.25) is 14.3 Å². The Morgan fingerprint density at radius 3 is 2.32 bits per heavy atom. The number of carbonyl (C=O) groups excluding carboxylic acids is 2. The van der Waals surface area contributed by atoms with Gasteiger partial charge in [0, 0.05) is 25.2 Å². The van der Waals surface area contributed by atoms with Crippen LogP contribution in [0.15, 0.2) is 47.4 Å². The van der Waals surface area contributed by atoms with Crippen molar-refractivity contribution >= 4 is 38.9 Å². The van der Waals surface area contributed by atoms with Gasteiger partial charge in [0.1, 0.15) is 11.9 Å². The maximum atomic E-state index is 12.8. The Kier molecular flexibility index (Phi) is 5.28. The van der Waals surface area contributed by atoms with E-state index in [4.69, 9.17) is 4.74 Å². The van der Waals surface area contributed by atoms with Gasteiger partial charge in [0.2, 0.25) is 11.8 Å². The van der Waals surface area contributed by atoms with E-state index >= 15 is 0 Å². The number of nitrogens with zero attached hydrogens (tertiary/aromatic N) is 1. The molecule has 1 aliphatic rings. The number of hydrogen-bond acceptors (Lipinski definition) is 5. The summed E-state index contributed by atoms with van der Waals surface area (Å²) in [6.45, 7) is 5.01. The van der Waals surface area contributed by atoms with Crippen LogP contribution in [0.2, 0.25) is 0 Å². The minimum absolute atomic E-state index is 0.0154. The highest BCUT2D eigenvalue weighted by Crippen LogP contribution is 2.36. The number of hydrogen-bond donors (Lipinski definition) is 2. The first-order valence-corrected chi connectivity index (χ1v) is 10.1. The molecule has 2 N–H and O–H groups in total. The van der Waals surface area contributed by atoms with Crippen LogP contribution in [0.5, 0.6) is 5.75 Å². The Morgan fingerprint density at radius 1 is 1.07 bits per heavy atom. The summed E-state index contributed by atoms with van der Waals surface area (Å²) in [5.41, 5.74) is 1.34. The van der Waals surface area contributed by atoms with Crippen molar-refractivity contribution in [3.05, 3.63) is 42.5 Å². The van der Waals surface area contributed by atoms with Crippen LogP contribution in [-0.4, -0.2) is 32.9 Å². The zero-order chi connectivity index (χ0) is 20.5. The first kappa shape index (κ1) is 19.7. The van der Waals surface area contributed by atoms with Crippen LogP contribution in [0, 0.1) is 0 Å². The third kappa shape index (κ3) is 4.25. The molecule has 0 aromatic heterocycles. The maximum absolute atomic E-state index is 12.8. The van der Waals surface area contributed by atoms with Crippen molar-refractivity contribution in [1.82, 2.24) is 0 Å². The van der Waals surface area contributed by atoms with Crippen molar-refractivity contribution in [1.29, 1.82) is 0 Å². The molecular formula is C19H21N3O5S. The van der Waals surface area contributed by atoms with Gasteiger partial charge in [0.05, 0.1) is 17.1 Å². The fraction of sp³-hybridized carbons (Fsp3) is 0.263. The van der Waals surface area contributed by atoms with E-state index in [-0.39, 0.29) is 22.8 Å². The summed E-state index contributed by atoms with van der Waals surface area (Å²) in [4.78, 5) is 24.5. The van der Waals surface area contributed by atoms with Crippen molar-refractivity contribution in [2.75, 3.05) is 21.5 Å². The van der Waals surface area contributed by atoms with Crippen LogP contribution in [0.1, 0.15) is 20.8 Å². The number of sulfonamides is 1. The Morgan fingerprint density at radius 2 is 1.71 bits per heavy atom. The van der Waals surface area contributed by atoms with Crippen molar-refractivity contribution in [3.8, 4) is 5.75 Å². The molecule has 0 radical (unpaired) electrons. The lowest BCUT2D eigenvalue weighted by Crippen LogP contribution is -2.41. The van der Waals surface area contributed by atoms with E-state index < -0.39 is 10.0 Å². The van der Waals surface area contributed by atoms with E-state index in [0.717, 1.165) is 0 Å². The second-order valence-electron chi connectivity index (χ2n) is 6.55. The zero-order valence-electron chi connectivity index (χ0n) is 15.7. The number of anilines is 3. The van der Waals surface area contributed by atoms with E-state index in [1.165, 1.54) is 30.9 Å². The smallest absolute Gasteiger partial charge is 0.261 e. The van der Waals surface area contributed by atoms with Gasteiger partial charge in [-0.25, -0.2) is 8.42 Å². The summed E-state index contributed by atoms with van der Waals surface area (Å²) < 4.78 is 33.7. The Bertz CT molecular complexity index is 1020. The van der Waals surface area contributed by atoms with Crippen LogP contribution in [0.25, 0.3) is 0 Å². The van der Waals surface area contributed by atoms with Gasteiger partial charge in [0.25, 0.3) is 10.0 Å². The topological polar surface area (TPSA) is 105 Å². The quantitative estimate of drug-likeness (QED) is 0.816. The fourth-order valence-electron chi connectivity index (χ4n) is 2.92. The molecule has 1 atom stereocenters. The van der Waals surface area contributed by atoms with Crippen LogP contribution in [0.4, 0.5) is 17.1 Å². The van der Waals surface area contributed by atoms with Gasteiger partial charge in [-0.1, -0.05) is 0 Å². The summed E-state index contributed by atoms with van der Waals surface area (Å²) >= 11 is 0. The molecule has 1 unspecified atom stereocenters. The first-order chi connectivity index (χ1) is 13.2. The number of ether oxygens (including phenoxy) is 1. The largest absolute Gasteiger partial charge is 0.487 e. The summed E-state index contributed by atoms with van der Waals surface area (Å²) in [6.07, 6.45) is -0.181. The van der Waals surface area contributed by atoms with Gasteiger partial charge >= 0.3 is 0 Å². The van der Waals surface area contributed by atoms with E-state index in [9.17, 15) is 18.0 Å². The fourth-order valence-corrected chi connectivity index (χ4v) is 4.00. The number of benzene rings is 2. The summed E-state index contributed by atoms with van der Waals surface area (Å²) in [7, 11) is -3.88. The molecule has 2 aromatic rings. The highest BCUT2D eigenvalue weighted by atomic mass is 32.2. The molecule has 0 aliphatic carbocycles. The van der Waals surface area contributed by atoms with Crippen molar-refractivity contribution < 1.29 is 22.7 Å². The molecule has 2 amide bonds. The van der Waals surface area contributed by atoms with Crippen LogP contribution in [0.3, 0.4) is 0 Å². The predicted molar refractivity (Wildman–Crippen MR) is 106 cm³/mol. The molecule has 148 valence electrons. The van der Waals surface area contributed by atoms with E-state index in [1.807, 2.05) is 6.92 Å². The van der Waals surface area contributed by atoms with Crippen LogP contribution < -0.4 is 19.7 Å². The molecule has 1 aliphatic heterocycles. The molecule has 0 saturated heterocycles. The van der Waals surface area contributed by atoms with Crippen molar-refractivity contribution in [2.24, 2.45) is 0 Å². The van der Waals surface area contributed by atoms with Gasteiger partial charge in [-0.15, -0.1) is 0 Å². The van der Waals surface area contributed by atoms with Crippen LogP contribution >= 0.6 is 0 Å². The van der Waals surface area contributed by atoms with Gasteiger partial charge in [-0.2, -0.15) is 0 Å². The molecule has 0 bridgehead atoms. The third-order valence-corrected chi connectivity index (χ3v) is 5.52. The molecule has 1 heterocycles. The van der Waals surface area contributed by atoms with Crippen molar-refractivity contribution in [3.63, 3.8) is 0 Å². The minimum Gasteiger partial charge on any atom is -0.487 e. The number of rotatable bonds is 4. The molecule has 28 heavy (non-hydrogen) atoms. The van der Waals surface area contributed by atoms with Gasteiger partial charge < -0.3 is 15.0 Å². The molecule has 8 nitrogen and oxygen atoms in total. The van der Waals surface area contributed by atoms with Gasteiger partial charge in [-0.05, 0) is 49.4 Å². The lowest BCUT2D eigenvalue weighted by molar-refractivity contribution is -0.117. The first-order valence-electron chi connectivity index (χ1n) is 8.65. The second-order valence-corrected chi connectivity index (χ2v) is 8.23. The molecule has 0 saturated carbocycles. The number of carbonyl (C=O) groups is 2. The molecule has 0 spiro atoms. The average molecular weight is 403 g/mol. The van der Waals surface area contributed by atoms with E-state index in [2.05, 4.69) is 10.0 Å². The molecule has 0 fully saturated rings. The highest BCUT2D eigenvalue weighted by Gasteiger charge is 2.27. The highest BCUT2D eigenvalue weighted by molar-refractivity contribution is 7.92. The molecule has 2 aromatic carbocycles. The minimum atomic E-state index is -3.88. The average Bonchev–Trinajstić information content (AvgIpc) is 2.61. The second kappa shape index (κ2) is 7.51.